The minimum atomic E-state index is -2.49. The summed E-state index contributed by atoms with van der Waals surface area (Å²) in [4.78, 5) is 6.11. The van der Waals surface area contributed by atoms with E-state index >= 15 is 0 Å². The Kier molecular flexibility index (Phi) is 3.33. The van der Waals surface area contributed by atoms with Gasteiger partial charge in [-0.2, -0.15) is 0 Å². The maximum Gasteiger partial charge on any atom is 0.280 e. The number of aromatic nitrogens is 1. The Balaban J connectivity index is 2.21. The Morgan fingerprint density at radius 3 is 2.56 bits per heavy atom. The minimum Gasteiger partial charge on any atom is -0.368 e. The number of halogens is 2. The highest BCUT2D eigenvalue weighted by Crippen LogP contribution is 2.23. The average Bonchev–Trinajstić information content (AvgIpc) is 2.30. The van der Waals surface area contributed by atoms with Gasteiger partial charge in [0.1, 0.15) is 5.69 Å². The third kappa shape index (κ3) is 2.29. The molecule has 1 fully saturated rings. The molecule has 1 aromatic heterocycles. The van der Waals surface area contributed by atoms with Crippen molar-refractivity contribution in [2.75, 3.05) is 31.1 Å². The van der Waals surface area contributed by atoms with Gasteiger partial charge in [0.2, 0.25) is 0 Å². The molecular formula is C11H15F2N3. The molecule has 88 valence electrons. The standard InChI is InChI=1S/C11H15F2N3/c1-8-10(16-6-4-14-5-7-16)3-2-9(15-8)11(12)13/h2-3,11,14H,4-7H2,1H3. The van der Waals surface area contributed by atoms with Crippen LogP contribution in [0.5, 0.6) is 0 Å². The van der Waals surface area contributed by atoms with Crippen LogP contribution in [0.25, 0.3) is 0 Å². The van der Waals surface area contributed by atoms with Crippen LogP contribution in [0.15, 0.2) is 12.1 Å². The van der Waals surface area contributed by atoms with Gasteiger partial charge in [-0.1, -0.05) is 0 Å². The second-order valence-corrected chi connectivity index (χ2v) is 3.88. The van der Waals surface area contributed by atoms with Gasteiger partial charge >= 0.3 is 0 Å². The lowest BCUT2D eigenvalue weighted by molar-refractivity contribution is 0.146. The molecule has 2 rings (SSSR count). The number of nitrogens with one attached hydrogen (secondary N) is 1. The van der Waals surface area contributed by atoms with E-state index in [1.165, 1.54) is 6.07 Å². The summed E-state index contributed by atoms with van der Waals surface area (Å²) >= 11 is 0. The van der Waals surface area contributed by atoms with Gasteiger partial charge in [-0.15, -0.1) is 0 Å². The van der Waals surface area contributed by atoms with E-state index in [0.29, 0.717) is 5.69 Å². The van der Waals surface area contributed by atoms with Gasteiger partial charge in [-0.25, -0.2) is 13.8 Å². The van der Waals surface area contributed by atoms with Crippen LogP contribution in [-0.4, -0.2) is 31.2 Å². The van der Waals surface area contributed by atoms with Crippen molar-refractivity contribution in [3.8, 4) is 0 Å². The molecule has 3 nitrogen and oxygen atoms in total. The van der Waals surface area contributed by atoms with Crippen LogP contribution >= 0.6 is 0 Å². The molecule has 0 atom stereocenters. The van der Waals surface area contributed by atoms with E-state index in [9.17, 15) is 8.78 Å². The Bertz CT molecular complexity index is 362. The van der Waals surface area contributed by atoms with E-state index in [1.807, 2.05) is 0 Å². The molecular weight excluding hydrogens is 212 g/mol. The summed E-state index contributed by atoms with van der Waals surface area (Å²) in [5.74, 6) is 0. The molecule has 1 saturated heterocycles. The van der Waals surface area contributed by atoms with Crippen LogP contribution in [0.4, 0.5) is 14.5 Å². The van der Waals surface area contributed by atoms with Crippen molar-refractivity contribution in [2.45, 2.75) is 13.3 Å². The van der Waals surface area contributed by atoms with E-state index in [0.717, 1.165) is 31.9 Å². The molecule has 0 amide bonds. The van der Waals surface area contributed by atoms with Gasteiger partial charge in [0.05, 0.1) is 11.4 Å². The molecule has 1 aliphatic heterocycles. The van der Waals surface area contributed by atoms with Gasteiger partial charge in [-0.05, 0) is 19.1 Å². The number of pyridine rings is 1. The van der Waals surface area contributed by atoms with Gasteiger partial charge in [0.25, 0.3) is 6.43 Å². The van der Waals surface area contributed by atoms with Crippen molar-refractivity contribution < 1.29 is 8.78 Å². The molecule has 1 N–H and O–H groups in total. The Morgan fingerprint density at radius 1 is 1.31 bits per heavy atom. The molecule has 0 spiro atoms. The number of alkyl halides is 2. The highest BCUT2D eigenvalue weighted by atomic mass is 19.3. The fourth-order valence-electron chi connectivity index (χ4n) is 1.93. The molecule has 0 bridgehead atoms. The van der Waals surface area contributed by atoms with Gasteiger partial charge < -0.3 is 10.2 Å². The number of piperazine rings is 1. The second kappa shape index (κ2) is 4.74. The molecule has 2 heterocycles. The van der Waals surface area contributed by atoms with Gasteiger partial charge in [0, 0.05) is 26.2 Å². The third-order valence-corrected chi connectivity index (χ3v) is 2.76. The maximum atomic E-state index is 12.4. The van der Waals surface area contributed by atoms with E-state index < -0.39 is 6.43 Å². The first-order chi connectivity index (χ1) is 7.68. The highest BCUT2D eigenvalue weighted by Gasteiger charge is 2.15. The van der Waals surface area contributed by atoms with Crippen molar-refractivity contribution in [3.05, 3.63) is 23.5 Å². The zero-order valence-corrected chi connectivity index (χ0v) is 9.21. The number of hydrogen-bond acceptors (Lipinski definition) is 3. The molecule has 0 saturated carbocycles. The van der Waals surface area contributed by atoms with Crippen molar-refractivity contribution in [1.82, 2.24) is 10.3 Å². The lowest BCUT2D eigenvalue weighted by Crippen LogP contribution is -2.43. The molecule has 0 aliphatic carbocycles. The van der Waals surface area contributed by atoms with E-state index in [-0.39, 0.29) is 5.69 Å². The predicted octanol–water partition coefficient (Wildman–Crippen LogP) is 1.74. The van der Waals surface area contributed by atoms with Crippen LogP contribution in [0, 0.1) is 6.92 Å². The van der Waals surface area contributed by atoms with Crippen LogP contribution < -0.4 is 10.2 Å². The lowest BCUT2D eigenvalue weighted by atomic mass is 10.2. The smallest absolute Gasteiger partial charge is 0.280 e. The zero-order valence-electron chi connectivity index (χ0n) is 9.21. The van der Waals surface area contributed by atoms with Crippen molar-refractivity contribution >= 4 is 5.69 Å². The highest BCUT2D eigenvalue weighted by molar-refractivity contribution is 5.51. The topological polar surface area (TPSA) is 28.2 Å². The van der Waals surface area contributed by atoms with Crippen molar-refractivity contribution in [3.63, 3.8) is 0 Å². The Labute approximate surface area is 93.5 Å². The third-order valence-electron chi connectivity index (χ3n) is 2.76. The summed E-state index contributed by atoms with van der Waals surface area (Å²) in [5.41, 5.74) is 1.50. The summed E-state index contributed by atoms with van der Waals surface area (Å²) in [7, 11) is 0. The summed E-state index contributed by atoms with van der Waals surface area (Å²) in [6.07, 6.45) is -2.49. The largest absolute Gasteiger partial charge is 0.368 e. The molecule has 0 radical (unpaired) electrons. The SMILES string of the molecule is Cc1nc(C(F)F)ccc1N1CCNCC1. The second-order valence-electron chi connectivity index (χ2n) is 3.88. The van der Waals surface area contributed by atoms with E-state index in [2.05, 4.69) is 15.2 Å². The minimum absolute atomic E-state index is 0.142. The van der Waals surface area contributed by atoms with E-state index in [4.69, 9.17) is 0 Å². The first-order valence-electron chi connectivity index (χ1n) is 5.40. The number of anilines is 1. The summed E-state index contributed by atoms with van der Waals surface area (Å²) < 4.78 is 24.9. The Morgan fingerprint density at radius 2 is 2.00 bits per heavy atom. The zero-order chi connectivity index (χ0) is 11.5. The quantitative estimate of drug-likeness (QED) is 0.834. The average molecular weight is 227 g/mol. The lowest BCUT2D eigenvalue weighted by Gasteiger charge is -2.30. The first-order valence-corrected chi connectivity index (χ1v) is 5.40. The summed E-state index contributed by atoms with van der Waals surface area (Å²) in [6, 6.07) is 3.16. The number of nitrogens with zero attached hydrogens (tertiary/aromatic N) is 2. The molecule has 1 aliphatic rings. The number of rotatable bonds is 2. The summed E-state index contributed by atoms with van der Waals surface area (Å²) in [5, 5.41) is 3.25. The van der Waals surface area contributed by atoms with Crippen LogP contribution in [-0.2, 0) is 0 Å². The van der Waals surface area contributed by atoms with Crippen LogP contribution in [0.2, 0.25) is 0 Å². The molecule has 5 heteroatoms. The van der Waals surface area contributed by atoms with E-state index in [1.54, 1.807) is 13.0 Å². The monoisotopic (exact) mass is 227 g/mol. The fraction of sp³-hybridized carbons (Fsp3) is 0.545. The molecule has 1 aromatic rings. The molecule has 16 heavy (non-hydrogen) atoms. The number of aryl methyl sites for hydroxylation is 1. The fourth-order valence-corrected chi connectivity index (χ4v) is 1.93. The van der Waals surface area contributed by atoms with Crippen LogP contribution in [0.1, 0.15) is 17.8 Å². The van der Waals surface area contributed by atoms with Crippen molar-refractivity contribution in [1.29, 1.82) is 0 Å². The normalized spacial score (nSPS) is 16.9. The van der Waals surface area contributed by atoms with Gasteiger partial charge in [-0.3, -0.25) is 0 Å². The molecule has 0 aromatic carbocycles. The van der Waals surface area contributed by atoms with Crippen molar-refractivity contribution in [2.24, 2.45) is 0 Å². The van der Waals surface area contributed by atoms with Gasteiger partial charge in [0.15, 0.2) is 0 Å². The maximum absolute atomic E-state index is 12.4. The first kappa shape index (κ1) is 11.3. The Hall–Kier alpha value is -1.23. The molecule has 0 unspecified atom stereocenters. The predicted molar refractivity (Wildman–Crippen MR) is 59.0 cm³/mol. The van der Waals surface area contributed by atoms with Crippen LogP contribution in [0.3, 0.4) is 0 Å². The number of hydrogen-bond donors (Lipinski definition) is 1. The summed E-state index contributed by atoms with van der Waals surface area (Å²) in [6.45, 7) is 5.43.